The molecule has 136 valence electrons. The second-order valence-electron chi connectivity index (χ2n) is 6.89. The first kappa shape index (κ1) is 17.6. The highest BCUT2D eigenvalue weighted by Crippen LogP contribution is 2.50. The van der Waals surface area contributed by atoms with Crippen molar-refractivity contribution in [1.29, 1.82) is 0 Å². The van der Waals surface area contributed by atoms with Crippen molar-refractivity contribution >= 4 is 44.2 Å². The van der Waals surface area contributed by atoms with Crippen LogP contribution in [0.15, 0.2) is 34.2 Å². The summed E-state index contributed by atoms with van der Waals surface area (Å²) in [5.41, 5.74) is 2.33. The fourth-order valence-corrected chi connectivity index (χ4v) is 4.47. The fraction of sp³-hybridized carbons (Fsp3) is 0.444. The Labute approximate surface area is 164 Å². The Morgan fingerprint density at radius 1 is 1.27 bits per heavy atom. The first-order valence-corrected chi connectivity index (χ1v) is 10.4. The smallest absolute Gasteiger partial charge is 0.233 e. The van der Waals surface area contributed by atoms with Crippen LogP contribution in [0.25, 0.3) is 0 Å². The maximum Gasteiger partial charge on any atom is 0.233 e. The molecule has 1 saturated carbocycles. The molecule has 1 aromatic carbocycles. The third-order valence-corrected chi connectivity index (χ3v) is 6.38. The molecule has 2 aromatic rings. The number of nitrogens with one attached hydrogen (secondary N) is 1. The predicted octanol–water partition coefficient (Wildman–Crippen LogP) is 3.21. The maximum atomic E-state index is 13.1. The lowest BCUT2D eigenvalue weighted by atomic mass is 9.91. The molecule has 26 heavy (non-hydrogen) atoms. The van der Waals surface area contributed by atoms with Crippen LogP contribution in [-0.4, -0.2) is 40.0 Å². The number of benzene rings is 1. The largest absolute Gasteiger partial charge is 0.342 e. The Bertz CT molecular complexity index is 814. The molecule has 1 N–H and O–H groups in total. The maximum absolute atomic E-state index is 13.1. The average molecular weight is 435 g/mol. The third-order valence-electron chi connectivity index (χ3n) is 5.28. The van der Waals surface area contributed by atoms with Gasteiger partial charge in [0.25, 0.3) is 0 Å². The SMILES string of the molecule is O=C(Nc1nncs1)C1CCN(C(=O)C2(c3cccc(Br)c3)CC2)CC1. The molecule has 2 aliphatic rings. The van der Waals surface area contributed by atoms with Crippen LogP contribution < -0.4 is 5.32 Å². The minimum atomic E-state index is -0.356. The summed E-state index contributed by atoms with van der Waals surface area (Å²) in [5.74, 6) is 0.101. The molecule has 2 fully saturated rings. The summed E-state index contributed by atoms with van der Waals surface area (Å²) >= 11 is 4.81. The highest BCUT2D eigenvalue weighted by Gasteiger charge is 2.53. The van der Waals surface area contributed by atoms with E-state index in [2.05, 4.69) is 31.4 Å². The van der Waals surface area contributed by atoms with Crippen LogP contribution >= 0.6 is 27.3 Å². The van der Waals surface area contributed by atoms with Crippen LogP contribution in [0.1, 0.15) is 31.2 Å². The van der Waals surface area contributed by atoms with Crippen molar-refractivity contribution in [3.63, 3.8) is 0 Å². The summed E-state index contributed by atoms with van der Waals surface area (Å²) < 4.78 is 1.00. The number of nitrogens with zero attached hydrogens (tertiary/aromatic N) is 3. The molecule has 6 nitrogen and oxygen atoms in total. The van der Waals surface area contributed by atoms with Crippen molar-refractivity contribution in [3.05, 3.63) is 39.8 Å². The van der Waals surface area contributed by atoms with Gasteiger partial charge in [-0.15, -0.1) is 10.2 Å². The predicted molar refractivity (Wildman–Crippen MR) is 103 cm³/mol. The number of carbonyl (C=O) groups excluding carboxylic acids is 2. The zero-order chi connectivity index (χ0) is 18.1. The van der Waals surface area contributed by atoms with Crippen LogP contribution in [-0.2, 0) is 15.0 Å². The Morgan fingerprint density at radius 2 is 2.04 bits per heavy atom. The summed E-state index contributed by atoms with van der Waals surface area (Å²) in [5, 5.41) is 10.9. The van der Waals surface area contributed by atoms with Gasteiger partial charge >= 0.3 is 0 Å². The van der Waals surface area contributed by atoms with E-state index in [1.807, 2.05) is 29.2 Å². The molecule has 0 unspecified atom stereocenters. The number of rotatable bonds is 4. The molecule has 1 aromatic heterocycles. The second-order valence-corrected chi connectivity index (χ2v) is 8.64. The van der Waals surface area contributed by atoms with Crippen molar-refractivity contribution in [2.24, 2.45) is 5.92 Å². The van der Waals surface area contributed by atoms with E-state index in [1.54, 1.807) is 5.51 Å². The number of anilines is 1. The summed E-state index contributed by atoms with van der Waals surface area (Å²) in [7, 11) is 0. The number of piperidine rings is 1. The van der Waals surface area contributed by atoms with Crippen LogP contribution in [0, 0.1) is 5.92 Å². The van der Waals surface area contributed by atoms with Gasteiger partial charge in [0.2, 0.25) is 16.9 Å². The van der Waals surface area contributed by atoms with Crippen molar-refractivity contribution < 1.29 is 9.59 Å². The zero-order valence-electron chi connectivity index (χ0n) is 14.2. The van der Waals surface area contributed by atoms with Crippen LogP contribution in [0.5, 0.6) is 0 Å². The lowest BCUT2D eigenvalue weighted by Crippen LogP contribution is -2.45. The molecule has 0 bridgehead atoms. The Kier molecular flexibility index (Phi) is 4.79. The van der Waals surface area contributed by atoms with E-state index < -0.39 is 0 Å². The van der Waals surface area contributed by atoms with Crippen LogP contribution in [0.2, 0.25) is 0 Å². The van der Waals surface area contributed by atoms with Gasteiger partial charge in [0.1, 0.15) is 5.51 Å². The van der Waals surface area contributed by atoms with E-state index in [0.717, 1.165) is 22.9 Å². The molecule has 1 aliphatic carbocycles. The van der Waals surface area contributed by atoms with E-state index in [4.69, 9.17) is 0 Å². The van der Waals surface area contributed by atoms with Gasteiger partial charge in [-0.1, -0.05) is 39.4 Å². The lowest BCUT2D eigenvalue weighted by Gasteiger charge is -2.34. The number of hydrogen-bond donors (Lipinski definition) is 1. The summed E-state index contributed by atoms with van der Waals surface area (Å²) in [6, 6.07) is 8.05. The molecular weight excluding hydrogens is 416 g/mol. The van der Waals surface area contributed by atoms with Gasteiger partial charge in [0.15, 0.2) is 0 Å². The summed E-state index contributed by atoms with van der Waals surface area (Å²) in [6.45, 7) is 1.26. The number of likely N-dealkylation sites (tertiary alicyclic amines) is 1. The highest BCUT2D eigenvalue weighted by molar-refractivity contribution is 9.10. The number of halogens is 1. The zero-order valence-corrected chi connectivity index (χ0v) is 16.6. The van der Waals surface area contributed by atoms with E-state index in [1.165, 1.54) is 11.3 Å². The van der Waals surface area contributed by atoms with Crippen molar-refractivity contribution in [2.45, 2.75) is 31.1 Å². The van der Waals surface area contributed by atoms with E-state index >= 15 is 0 Å². The topological polar surface area (TPSA) is 75.2 Å². The Balaban J connectivity index is 1.37. The van der Waals surface area contributed by atoms with E-state index in [-0.39, 0.29) is 23.1 Å². The molecule has 0 atom stereocenters. The number of hydrogen-bond acceptors (Lipinski definition) is 5. The monoisotopic (exact) mass is 434 g/mol. The second kappa shape index (κ2) is 7.08. The molecule has 0 radical (unpaired) electrons. The van der Waals surface area contributed by atoms with Gasteiger partial charge in [-0.05, 0) is 43.4 Å². The van der Waals surface area contributed by atoms with Gasteiger partial charge < -0.3 is 10.2 Å². The van der Waals surface area contributed by atoms with Gasteiger partial charge in [-0.25, -0.2) is 0 Å². The van der Waals surface area contributed by atoms with Gasteiger partial charge in [-0.2, -0.15) is 0 Å². The van der Waals surface area contributed by atoms with Gasteiger partial charge in [0, 0.05) is 23.5 Å². The molecule has 0 spiro atoms. The number of carbonyl (C=O) groups is 2. The standard InChI is InChI=1S/C18H19BrN4O2S/c19-14-3-1-2-13(10-14)18(6-7-18)16(25)23-8-4-12(5-9-23)15(24)21-17-22-20-11-26-17/h1-3,10-12H,4-9H2,(H,21,22,24). The summed E-state index contributed by atoms with van der Waals surface area (Å²) in [6.07, 6.45) is 3.18. The van der Waals surface area contributed by atoms with Crippen LogP contribution in [0.4, 0.5) is 5.13 Å². The lowest BCUT2D eigenvalue weighted by molar-refractivity contribution is -0.137. The molecule has 2 amide bonds. The van der Waals surface area contributed by atoms with Crippen molar-refractivity contribution in [2.75, 3.05) is 18.4 Å². The summed E-state index contributed by atoms with van der Waals surface area (Å²) in [4.78, 5) is 27.4. The van der Waals surface area contributed by atoms with Gasteiger partial charge in [-0.3, -0.25) is 9.59 Å². The van der Waals surface area contributed by atoms with Gasteiger partial charge in [0.05, 0.1) is 5.41 Å². The van der Waals surface area contributed by atoms with E-state index in [9.17, 15) is 9.59 Å². The molecule has 1 saturated heterocycles. The number of amides is 2. The molecule has 4 rings (SSSR count). The number of aromatic nitrogens is 2. The normalized spacial score (nSPS) is 19.2. The quantitative estimate of drug-likeness (QED) is 0.801. The molecule has 2 heterocycles. The molecule has 1 aliphatic heterocycles. The highest BCUT2D eigenvalue weighted by atomic mass is 79.9. The average Bonchev–Trinajstić information content (AvgIpc) is 3.32. The minimum absolute atomic E-state index is 0.0259. The fourth-order valence-electron chi connectivity index (χ4n) is 3.62. The first-order valence-electron chi connectivity index (χ1n) is 8.71. The minimum Gasteiger partial charge on any atom is -0.342 e. The first-order chi connectivity index (χ1) is 12.6. The van der Waals surface area contributed by atoms with Crippen molar-refractivity contribution in [3.8, 4) is 0 Å². The Morgan fingerprint density at radius 3 is 2.65 bits per heavy atom. The third kappa shape index (κ3) is 3.40. The van der Waals surface area contributed by atoms with Crippen molar-refractivity contribution in [1.82, 2.24) is 15.1 Å². The Hall–Kier alpha value is -1.80. The van der Waals surface area contributed by atoms with Crippen LogP contribution in [0.3, 0.4) is 0 Å². The molecular formula is C18H19BrN4O2S. The molecule has 8 heteroatoms. The van der Waals surface area contributed by atoms with E-state index in [0.29, 0.717) is 31.1 Å².